The van der Waals surface area contributed by atoms with Crippen LogP contribution in [0.3, 0.4) is 0 Å². The summed E-state index contributed by atoms with van der Waals surface area (Å²) in [4.78, 5) is 15.1. The van der Waals surface area contributed by atoms with Crippen LogP contribution in [0.2, 0.25) is 5.28 Å². The molecular weight excluding hydrogens is 262 g/mol. The second-order valence-electron chi connectivity index (χ2n) is 4.93. The number of anilines is 2. The van der Waals surface area contributed by atoms with Gasteiger partial charge in [0.1, 0.15) is 0 Å². The highest BCUT2D eigenvalue weighted by molar-refractivity contribution is 6.28. The van der Waals surface area contributed by atoms with Gasteiger partial charge in [0.15, 0.2) is 0 Å². The maximum atomic E-state index is 6.01. The van der Waals surface area contributed by atoms with Gasteiger partial charge in [-0.05, 0) is 43.7 Å². The Morgan fingerprint density at radius 3 is 2.42 bits per heavy atom. The zero-order chi connectivity index (χ0) is 13.7. The van der Waals surface area contributed by atoms with Gasteiger partial charge in [-0.25, -0.2) is 0 Å². The van der Waals surface area contributed by atoms with Crippen LogP contribution < -0.4 is 10.2 Å². The molecule has 0 unspecified atom stereocenters. The monoisotopic (exact) mass is 283 g/mol. The molecule has 0 atom stereocenters. The first kappa shape index (κ1) is 14.3. The van der Waals surface area contributed by atoms with Gasteiger partial charge in [0.2, 0.25) is 17.2 Å². The van der Waals surface area contributed by atoms with Crippen LogP contribution in [0.5, 0.6) is 0 Å². The van der Waals surface area contributed by atoms with Crippen molar-refractivity contribution in [1.82, 2.24) is 15.0 Å². The molecular formula is C13H22ClN5. The number of halogens is 1. The molecule has 1 aromatic heterocycles. The zero-order valence-corrected chi connectivity index (χ0v) is 12.4. The fourth-order valence-electron chi connectivity index (χ4n) is 2.31. The number of hydrogen-bond acceptors (Lipinski definition) is 5. The molecule has 0 spiro atoms. The summed E-state index contributed by atoms with van der Waals surface area (Å²) in [6.07, 6.45) is 5.75. The van der Waals surface area contributed by atoms with Gasteiger partial charge in [0, 0.05) is 19.1 Å². The maximum absolute atomic E-state index is 6.01. The molecule has 1 fully saturated rings. The first-order valence-electron chi connectivity index (χ1n) is 7.16. The summed E-state index contributed by atoms with van der Waals surface area (Å²) in [6, 6.07) is 0.382. The molecule has 1 aliphatic heterocycles. The van der Waals surface area contributed by atoms with E-state index in [1.165, 1.54) is 19.3 Å². The highest BCUT2D eigenvalue weighted by Crippen LogP contribution is 2.19. The summed E-state index contributed by atoms with van der Waals surface area (Å²) in [5.41, 5.74) is 0. The lowest BCUT2D eigenvalue weighted by atomic mass is 10.1. The average Bonchev–Trinajstić information content (AvgIpc) is 2.45. The fourth-order valence-corrected chi connectivity index (χ4v) is 2.47. The van der Waals surface area contributed by atoms with E-state index in [1.807, 2.05) is 0 Å². The van der Waals surface area contributed by atoms with Crippen molar-refractivity contribution in [3.05, 3.63) is 5.28 Å². The minimum Gasteiger partial charge on any atom is -0.351 e. The van der Waals surface area contributed by atoms with E-state index in [2.05, 4.69) is 39.0 Å². The molecule has 2 heterocycles. The van der Waals surface area contributed by atoms with E-state index in [0.717, 1.165) is 25.9 Å². The Labute approximate surface area is 119 Å². The van der Waals surface area contributed by atoms with Gasteiger partial charge in [-0.3, -0.25) is 0 Å². The van der Waals surface area contributed by atoms with E-state index in [9.17, 15) is 0 Å². The lowest BCUT2D eigenvalue weighted by Crippen LogP contribution is -2.31. The van der Waals surface area contributed by atoms with Crippen LogP contribution in [0, 0.1) is 0 Å². The lowest BCUT2D eigenvalue weighted by Gasteiger charge is -2.27. The molecule has 0 radical (unpaired) electrons. The van der Waals surface area contributed by atoms with Crippen LogP contribution in [0.15, 0.2) is 0 Å². The number of aromatic nitrogens is 3. The minimum atomic E-state index is 0.268. The van der Waals surface area contributed by atoms with E-state index in [1.54, 1.807) is 0 Å². The van der Waals surface area contributed by atoms with Gasteiger partial charge in [0.25, 0.3) is 0 Å². The van der Waals surface area contributed by atoms with Crippen molar-refractivity contribution < 1.29 is 0 Å². The van der Waals surface area contributed by atoms with Gasteiger partial charge in [-0.15, -0.1) is 0 Å². The standard InChI is InChI=1S/C13H22ClN5/c1-3-10(4-2)15-12-16-11(14)17-13(18-12)19-8-6-5-7-9-19/h10H,3-9H2,1-2H3,(H,15,16,17,18). The molecule has 1 aliphatic rings. The highest BCUT2D eigenvalue weighted by Gasteiger charge is 2.16. The molecule has 0 saturated carbocycles. The Morgan fingerprint density at radius 2 is 1.79 bits per heavy atom. The number of hydrogen-bond donors (Lipinski definition) is 1. The third-order valence-corrected chi connectivity index (χ3v) is 3.72. The van der Waals surface area contributed by atoms with E-state index in [4.69, 9.17) is 11.6 Å². The van der Waals surface area contributed by atoms with Gasteiger partial charge >= 0.3 is 0 Å². The fraction of sp³-hybridized carbons (Fsp3) is 0.769. The molecule has 1 saturated heterocycles. The number of rotatable bonds is 5. The van der Waals surface area contributed by atoms with Crippen LogP contribution in [0.4, 0.5) is 11.9 Å². The minimum absolute atomic E-state index is 0.268. The molecule has 106 valence electrons. The topological polar surface area (TPSA) is 53.9 Å². The van der Waals surface area contributed by atoms with Crippen molar-refractivity contribution in [2.45, 2.75) is 52.0 Å². The van der Waals surface area contributed by atoms with Crippen LogP contribution in [0.1, 0.15) is 46.0 Å². The summed E-state index contributed by atoms with van der Waals surface area (Å²) in [6.45, 7) is 6.31. The second-order valence-corrected chi connectivity index (χ2v) is 5.27. The Kier molecular flexibility index (Phi) is 5.19. The largest absolute Gasteiger partial charge is 0.351 e. The van der Waals surface area contributed by atoms with E-state index >= 15 is 0 Å². The number of nitrogens with zero attached hydrogens (tertiary/aromatic N) is 4. The summed E-state index contributed by atoms with van der Waals surface area (Å²) >= 11 is 6.01. The van der Waals surface area contributed by atoms with Crippen LogP contribution in [0.25, 0.3) is 0 Å². The highest BCUT2D eigenvalue weighted by atomic mass is 35.5. The van der Waals surface area contributed by atoms with E-state index in [-0.39, 0.29) is 5.28 Å². The quantitative estimate of drug-likeness (QED) is 0.900. The SMILES string of the molecule is CCC(CC)Nc1nc(Cl)nc(N2CCCCC2)n1. The molecule has 0 bridgehead atoms. The number of piperidine rings is 1. The molecule has 0 aromatic carbocycles. The molecule has 5 nitrogen and oxygen atoms in total. The molecule has 19 heavy (non-hydrogen) atoms. The lowest BCUT2D eigenvalue weighted by molar-refractivity contribution is 0.567. The third kappa shape index (κ3) is 3.93. The van der Waals surface area contributed by atoms with Crippen LogP contribution in [-0.2, 0) is 0 Å². The average molecular weight is 284 g/mol. The normalized spacial score (nSPS) is 15.9. The Morgan fingerprint density at radius 1 is 1.11 bits per heavy atom. The van der Waals surface area contributed by atoms with E-state index < -0.39 is 0 Å². The molecule has 0 aliphatic carbocycles. The summed E-state index contributed by atoms with van der Waals surface area (Å²) in [5, 5.41) is 3.59. The first-order valence-corrected chi connectivity index (χ1v) is 7.53. The Hall–Kier alpha value is -1.10. The Bertz CT molecular complexity index is 402. The van der Waals surface area contributed by atoms with Crippen molar-refractivity contribution in [3.8, 4) is 0 Å². The first-order chi connectivity index (χ1) is 9.22. The Balaban J connectivity index is 2.13. The van der Waals surface area contributed by atoms with Gasteiger partial charge in [-0.2, -0.15) is 15.0 Å². The van der Waals surface area contributed by atoms with E-state index in [0.29, 0.717) is 17.9 Å². The zero-order valence-electron chi connectivity index (χ0n) is 11.7. The van der Waals surface area contributed by atoms with Crippen molar-refractivity contribution >= 4 is 23.5 Å². The second kappa shape index (κ2) is 6.89. The predicted octanol–water partition coefficient (Wildman–Crippen LogP) is 3.12. The predicted molar refractivity (Wildman–Crippen MR) is 78.9 cm³/mol. The van der Waals surface area contributed by atoms with Crippen molar-refractivity contribution in [1.29, 1.82) is 0 Å². The van der Waals surface area contributed by atoms with Crippen molar-refractivity contribution in [3.63, 3.8) is 0 Å². The summed E-state index contributed by atoms with van der Waals surface area (Å²) < 4.78 is 0. The van der Waals surface area contributed by atoms with Gasteiger partial charge in [0.05, 0.1) is 0 Å². The van der Waals surface area contributed by atoms with Crippen LogP contribution >= 0.6 is 11.6 Å². The summed E-state index contributed by atoms with van der Waals surface area (Å²) in [5.74, 6) is 1.29. The molecule has 0 amide bonds. The number of nitrogens with one attached hydrogen (secondary N) is 1. The maximum Gasteiger partial charge on any atom is 0.231 e. The van der Waals surface area contributed by atoms with Crippen molar-refractivity contribution in [2.24, 2.45) is 0 Å². The molecule has 6 heteroatoms. The van der Waals surface area contributed by atoms with Crippen LogP contribution in [-0.4, -0.2) is 34.1 Å². The smallest absolute Gasteiger partial charge is 0.231 e. The van der Waals surface area contributed by atoms with Crippen molar-refractivity contribution in [2.75, 3.05) is 23.3 Å². The molecule has 2 rings (SSSR count). The molecule has 1 N–H and O–H groups in total. The summed E-state index contributed by atoms with van der Waals surface area (Å²) in [7, 11) is 0. The van der Waals surface area contributed by atoms with Gasteiger partial charge in [-0.1, -0.05) is 13.8 Å². The third-order valence-electron chi connectivity index (χ3n) is 3.55. The van der Waals surface area contributed by atoms with Gasteiger partial charge < -0.3 is 10.2 Å². The molecule has 1 aromatic rings.